The minimum atomic E-state index is 0. The molecule has 0 unspecified atom stereocenters. The summed E-state index contributed by atoms with van der Waals surface area (Å²) in [6.45, 7) is 51.2. The lowest BCUT2D eigenvalue weighted by atomic mass is 9.78. The summed E-state index contributed by atoms with van der Waals surface area (Å²) in [5, 5.41) is 0. The molecule has 0 fully saturated rings. The van der Waals surface area contributed by atoms with Crippen molar-refractivity contribution in [1.82, 2.24) is 0 Å². The van der Waals surface area contributed by atoms with Gasteiger partial charge in [-0.25, -0.2) is 0 Å². The Balaban J connectivity index is -0.0000000800. The van der Waals surface area contributed by atoms with Crippen molar-refractivity contribution in [3.63, 3.8) is 0 Å². The normalized spacial score (nSPS) is 8.72. The zero-order chi connectivity index (χ0) is 51.9. The second-order valence-corrected chi connectivity index (χ2v) is 18.2. The van der Waals surface area contributed by atoms with Crippen molar-refractivity contribution in [3.05, 3.63) is 217 Å². The molecule has 384 valence electrons. The molecule has 0 nitrogen and oxygen atoms in total. The molecule has 0 aromatic heterocycles. The maximum Gasteiger partial charge on any atom is -0.0132 e. The molecule has 0 spiro atoms. The lowest BCUT2D eigenvalue weighted by Crippen LogP contribution is -2.16. The van der Waals surface area contributed by atoms with E-state index in [0.29, 0.717) is 21.7 Å². The number of hydrogen-bond acceptors (Lipinski definition) is 0. The summed E-state index contributed by atoms with van der Waals surface area (Å²) < 4.78 is 0. The molecule has 0 aliphatic heterocycles. The first-order chi connectivity index (χ1) is 30.7. The van der Waals surface area contributed by atoms with Gasteiger partial charge in [-0.15, -0.1) is 0 Å². The molecular weight excluding hydrogens is 805 g/mol. The van der Waals surface area contributed by atoms with Crippen LogP contribution in [0.25, 0.3) is 0 Å². The van der Waals surface area contributed by atoms with Gasteiger partial charge in [0, 0.05) is 0 Å². The van der Waals surface area contributed by atoms with Crippen LogP contribution in [0, 0.1) is 23.2 Å². The van der Waals surface area contributed by atoms with Gasteiger partial charge >= 0.3 is 0 Å². The van der Waals surface area contributed by atoms with Crippen LogP contribution >= 0.6 is 0 Å². The van der Waals surface area contributed by atoms with Crippen LogP contribution < -0.4 is 0 Å². The third kappa shape index (κ3) is 96.4. The summed E-state index contributed by atoms with van der Waals surface area (Å²) in [7, 11) is 0. The molecule has 0 amide bonds. The first kappa shape index (κ1) is 82.4. The highest BCUT2D eigenvalue weighted by molar-refractivity contribution is 5.22. The van der Waals surface area contributed by atoms with Crippen LogP contribution in [0.3, 0.4) is 0 Å². The maximum absolute atomic E-state index is 2.29. The van der Waals surface area contributed by atoms with E-state index >= 15 is 0 Å². The van der Waals surface area contributed by atoms with E-state index in [1.165, 1.54) is 17.5 Å². The van der Waals surface area contributed by atoms with Crippen molar-refractivity contribution in [1.29, 1.82) is 0 Å². The fourth-order valence-electron chi connectivity index (χ4n) is 4.60. The van der Waals surface area contributed by atoms with E-state index in [4.69, 9.17) is 0 Å². The van der Waals surface area contributed by atoms with Gasteiger partial charge in [-0.3, -0.25) is 0 Å². The summed E-state index contributed by atoms with van der Waals surface area (Å²) in [4.78, 5) is 0. The van der Waals surface area contributed by atoms with E-state index in [-0.39, 0.29) is 14.9 Å². The fourth-order valence-corrected chi connectivity index (χ4v) is 4.60. The Labute approximate surface area is 424 Å². The molecule has 0 aliphatic carbocycles. The van der Waals surface area contributed by atoms with Gasteiger partial charge in [0.1, 0.15) is 0 Å². The van der Waals surface area contributed by atoms with E-state index in [1.54, 1.807) is 0 Å². The minimum Gasteiger partial charge on any atom is -0.0776 e. The van der Waals surface area contributed by atoms with Crippen molar-refractivity contribution < 1.29 is 0 Å². The summed E-state index contributed by atoms with van der Waals surface area (Å²) in [6.07, 6.45) is 1.29. The lowest BCUT2D eigenvalue weighted by Gasteiger charge is -2.28. The van der Waals surface area contributed by atoms with Gasteiger partial charge in [0.05, 0.1) is 0 Å². The van der Waals surface area contributed by atoms with Crippen LogP contribution in [0.2, 0.25) is 0 Å². The molecule has 0 bridgehead atoms. The molecule has 0 saturated carbocycles. The molecule has 6 aromatic carbocycles. The first-order valence-corrected chi connectivity index (χ1v) is 24.8. The third-order valence-electron chi connectivity index (χ3n) is 6.31. The molecule has 6 rings (SSSR count). The van der Waals surface area contributed by atoms with Crippen LogP contribution in [-0.4, -0.2) is 0 Å². The smallest absolute Gasteiger partial charge is 0.0132 e. The average molecular weight is 922 g/mol. The van der Waals surface area contributed by atoms with E-state index in [1.807, 2.05) is 233 Å². The molecule has 0 saturated heterocycles. The Morgan fingerprint density at radius 2 is 0.388 bits per heavy atom. The Morgan fingerprint density at radius 3 is 0.463 bits per heavy atom. The summed E-state index contributed by atoms with van der Waals surface area (Å²) in [6, 6.07) is 68.8. The number of benzene rings is 6. The van der Waals surface area contributed by atoms with Gasteiger partial charge < -0.3 is 0 Å². The van der Waals surface area contributed by atoms with Crippen molar-refractivity contribution in [2.75, 3.05) is 0 Å². The summed E-state index contributed by atoms with van der Waals surface area (Å²) >= 11 is 0. The second kappa shape index (κ2) is 61.3. The zero-order valence-corrected chi connectivity index (χ0v) is 47.3. The predicted octanol–water partition coefficient (Wildman–Crippen LogP) is 23.6. The monoisotopic (exact) mass is 921 g/mol. The van der Waals surface area contributed by atoms with Crippen molar-refractivity contribution in [2.24, 2.45) is 16.2 Å². The van der Waals surface area contributed by atoms with E-state index < -0.39 is 0 Å². The molecule has 67 heavy (non-hydrogen) atoms. The van der Waals surface area contributed by atoms with E-state index in [0.717, 1.165) is 0 Å². The second-order valence-electron chi connectivity index (χ2n) is 18.2. The molecule has 0 heterocycles. The number of hydrogen-bond donors (Lipinski definition) is 0. The predicted molar refractivity (Wildman–Crippen MR) is 321 cm³/mol. The molecule has 6 aromatic rings. The summed E-state index contributed by atoms with van der Waals surface area (Å²) in [5.41, 5.74) is 4.48. The first-order valence-electron chi connectivity index (χ1n) is 24.8. The highest BCUT2D eigenvalue weighted by Gasteiger charge is 2.20. The van der Waals surface area contributed by atoms with Crippen LogP contribution in [0.4, 0.5) is 0 Å². The largest absolute Gasteiger partial charge is 0.0776 e. The van der Waals surface area contributed by atoms with Gasteiger partial charge in [0.2, 0.25) is 0 Å². The Morgan fingerprint density at radius 1 is 0.254 bits per heavy atom. The standard InChI is InChI=1S/C10H14.C9H20.C7H8.4C6H6.C5H12.5C2H6.2CH4/c1-10(2,3)9-7-5-4-6-8-9;1-8(2,3)7-9(4,5)6;1-7-5-3-2-4-6-7;4*1-2-4-6-5-3-1;1-5(2,3)4;5*1-2;;/h4-8H,1-3H3;7H2,1-6H3;2-6H,1H3;4*1-6H;1-4H3;5*1-2H3;2*1H4. The van der Waals surface area contributed by atoms with E-state index in [2.05, 4.69) is 139 Å². The quantitative estimate of drug-likeness (QED) is 0.142. The highest BCUT2D eigenvalue weighted by atomic mass is 14.3. The SMILES string of the molecule is C.C.CC.CC.CC.CC.CC.CC(C)(C)C.CC(C)(C)CC(C)(C)C.CC(C)(C)c1ccccc1.Cc1ccccc1.c1ccccc1.c1ccccc1.c1ccccc1.c1ccccc1. The van der Waals surface area contributed by atoms with Gasteiger partial charge in [0.15, 0.2) is 0 Å². The Hall–Kier alpha value is -4.68. The molecule has 0 atom stereocenters. The highest BCUT2D eigenvalue weighted by Crippen LogP contribution is 2.32. The van der Waals surface area contributed by atoms with Gasteiger partial charge in [-0.1, -0.05) is 386 Å². The Kier molecular flexibility index (Phi) is 75.4. The third-order valence-corrected chi connectivity index (χ3v) is 6.31. The number of rotatable bonds is 0. The maximum atomic E-state index is 2.29. The lowest BCUT2D eigenvalue weighted by molar-refractivity contribution is 0.233. The van der Waals surface area contributed by atoms with Crippen molar-refractivity contribution in [2.45, 2.75) is 193 Å². The van der Waals surface area contributed by atoms with Crippen LogP contribution in [0.5, 0.6) is 0 Å². The van der Waals surface area contributed by atoms with E-state index in [9.17, 15) is 0 Å². The number of aryl methyl sites for hydroxylation is 1. The molecule has 0 heteroatoms. The van der Waals surface area contributed by atoms with Gasteiger partial charge in [0.25, 0.3) is 0 Å². The van der Waals surface area contributed by atoms with Crippen molar-refractivity contribution >= 4 is 0 Å². The van der Waals surface area contributed by atoms with Crippen LogP contribution in [0.1, 0.15) is 192 Å². The molecular formula is C67H116. The molecule has 0 radical (unpaired) electrons. The average Bonchev–Trinajstić information content (AvgIpc) is 3.32. The topological polar surface area (TPSA) is 0 Å². The summed E-state index contributed by atoms with van der Waals surface area (Å²) in [5.74, 6) is 0. The van der Waals surface area contributed by atoms with Gasteiger partial charge in [-0.2, -0.15) is 0 Å². The van der Waals surface area contributed by atoms with Crippen molar-refractivity contribution in [3.8, 4) is 0 Å². The Bertz CT molecular complexity index is 1300. The fraction of sp³-hybridized carbons (Fsp3) is 0.463. The zero-order valence-electron chi connectivity index (χ0n) is 47.3. The minimum absolute atomic E-state index is 0. The van der Waals surface area contributed by atoms with Gasteiger partial charge in [-0.05, 0) is 40.6 Å². The van der Waals surface area contributed by atoms with Crippen LogP contribution in [0.15, 0.2) is 206 Å². The molecule has 0 aliphatic rings. The van der Waals surface area contributed by atoms with Crippen LogP contribution in [-0.2, 0) is 5.41 Å². The molecule has 0 N–H and O–H groups in total.